The maximum absolute atomic E-state index is 13.6. The predicted octanol–water partition coefficient (Wildman–Crippen LogP) is 4.13. The normalized spacial score (nSPS) is 15.9. The first-order chi connectivity index (χ1) is 18.9. The Morgan fingerprint density at radius 1 is 1.15 bits per heavy atom. The van der Waals surface area contributed by atoms with Crippen LogP contribution in [0.5, 0.6) is 11.5 Å². The van der Waals surface area contributed by atoms with Gasteiger partial charge < -0.3 is 18.8 Å². The molecule has 1 aliphatic rings. The molecular formula is C27H28N4O6S2. The van der Waals surface area contributed by atoms with E-state index in [0.717, 1.165) is 12.0 Å². The third-order valence-electron chi connectivity index (χ3n) is 6.56. The number of hydrogen-bond acceptors (Lipinski definition) is 9. The van der Waals surface area contributed by atoms with Crippen molar-refractivity contribution in [2.75, 3.05) is 27.0 Å². The van der Waals surface area contributed by atoms with Gasteiger partial charge >= 0.3 is 11.2 Å². The van der Waals surface area contributed by atoms with E-state index in [4.69, 9.17) is 14.2 Å². The summed E-state index contributed by atoms with van der Waals surface area (Å²) in [5.41, 5.74) is 1.38. The molecule has 12 heteroatoms. The van der Waals surface area contributed by atoms with E-state index in [0.29, 0.717) is 39.9 Å². The summed E-state index contributed by atoms with van der Waals surface area (Å²) in [5.74, 6) is 1.15. The van der Waals surface area contributed by atoms with E-state index in [1.165, 1.54) is 29.3 Å². The highest BCUT2D eigenvalue weighted by Gasteiger charge is 2.34. The third kappa shape index (κ3) is 5.58. The molecule has 0 spiro atoms. The van der Waals surface area contributed by atoms with E-state index in [1.807, 2.05) is 30.3 Å². The lowest BCUT2D eigenvalue weighted by atomic mass is 10.2. The molecule has 4 aromatic rings. The van der Waals surface area contributed by atoms with Crippen molar-refractivity contribution in [2.24, 2.45) is 0 Å². The van der Waals surface area contributed by atoms with Gasteiger partial charge in [0.1, 0.15) is 29.4 Å². The number of fused-ring (bicyclic) bond motifs is 1. The Kier molecular flexibility index (Phi) is 8.05. The van der Waals surface area contributed by atoms with Crippen LogP contribution in [-0.2, 0) is 29.1 Å². The Hall–Kier alpha value is -3.61. The SMILES string of the molecule is COc1ccc(Cn2c([S+](C)[O-])nc3sc([C@H]4CCCN4C(=O)OCc4ccccc4)nc3c2=O)c(OC)c1. The lowest BCUT2D eigenvalue weighted by molar-refractivity contribution is 0.0920. The molecule has 10 nitrogen and oxygen atoms in total. The smallest absolute Gasteiger partial charge is 0.410 e. The number of thiazole rings is 1. The van der Waals surface area contributed by atoms with Crippen LogP contribution in [0.2, 0.25) is 0 Å². The summed E-state index contributed by atoms with van der Waals surface area (Å²) in [6, 6.07) is 14.5. The summed E-state index contributed by atoms with van der Waals surface area (Å²) >= 11 is -0.299. The lowest BCUT2D eigenvalue weighted by Crippen LogP contribution is -2.31. The molecule has 2 atom stereocenters. The van der Waals surface area contributed by atoms with Gasteiger partial charge in [-0.1, -0.05) is 41.7 Å². The van der Waals surface area contributed by atoms with Crippen LogP contribution in [0.15, 0.2) is 58.5 Å². The number of amides is 1. The molecule has 0 bridgehead atoms. The van der Waals surface area contributed by atoms with E-state index in [1.54, 1.807) is 30.2 Å². The molecule has 0 radical (unpaired) electrons. The number of carbonyl (C=O) groups is 1. The molecule has 1 fully saturated rings. The first-order valence-corrected chi connectivity index (χ1v) is 14.7. The Morgan fingerprint density at radius 3 is 2.67 bits per heavy atom. The molecule has 0 saturated carbocycles. The fraction of sp³-hybridized carbons (Fsp3) is 0.333. The monoisotopic (exact) mass is 568 g/mol. The van der Waals surface area contributed by atoms with Gasteiger partial charge in [0.2, 0.25) is 0 Å². The number of aromatic nitrogens is 3. The Labute approximate surface area is 232 Å². The Morgan fingerprint density at radius 2 is 1.95 bits per heavy atom. The molecule has 1 unspecified atom stereocenters. The maximum atomic E-state index is 13.6. The minimum absolute atomic E-state index is 0.0953. The van der Waals surface area contributed by atoms with Crippen LogP contribution in [0, 0.1) is 0 Å². The van der Waals surface area contributed by atoms with Crippen molar-refractivity contribution < 1.29 is 23.6 Å². The highest BCUT2D eigenvalue weighted by atomic mass is 32.2. The van der Waals surface area contributed by atoms with Gasteiger partial charge in [0.25, 0.3) is 5.56 Å². The third-order valence-corrected chi connectivity index (χ3v) is 8.44. The molecule has 0 N–H and O–H groups in total. The van der Waals surface area contributed by atoms with Crippen molar-refractivity contribution in [2.45, 2.75) is 37.2 Å². The number of benzene rings is 2. The maximum Gasteiger partial charge on any atom is 0.410 e. The highest BCUT2D eigenvalue weighted by Crippen LogP contribution is 2.36. The number of carbonyl (C=O) groups excluding carboxylic acids is 1. The van der Waals surface area contributed by atoms with Gasteiger partial charge in [-0.25, -0.2) is 14.3 Å². The van der Waals surface area contributed by atoms with Crippen molar-refractivity contribution in [3.8, 4) is 11.5 Å². The standard InChI is InChI=1S/C27H28N4O6S2/c1-35-19-12-11-18(21(14-19)36-2)15-31-25(32)22-24(29-26(31)39(3)34)38-23(28-22)20-10-7-13-30(20)27(33)37-16-17-8-5-4-6-9-17/h4-6,8-9,11-12,14,20H,7,10,13,15-16H2,1-3H3/t20-,39?/m1/s1. The minimum atomic E-state index is -1.54. The predicted molar refractivity (Wildman–Crippen MR) is 148 cm³/mol. The largest absolute Gasteiger partial charge is 0.609 e. The van der Waals surface area contributed by atoms with Gasteiger partial charge in [0.15, 0.2) is 10.3 Å². The van der Waals surface area contributed by atoms with Crippen LogP contribution in [0.3, 0.4) is 0 Å². The molecular weight excluding hydrogens is 540 g/mol. The second-order valence-electron chi connectivity index (χ2n) is 9.02. The number of hydrogen-bond donors (Lipinski definition) is 0. The molecule has 39 heavy (non-hydrogen) atoms. The molecule has 3 heterocycles. The average molecular weight is 569 g/mol. The van der Waals surface area contributed by atoms with E-state index < -0.39 is 22.8 Å². The van der Waals surface area contributed by atoms with Gasteiger partial charge in [-0.15, -0.1) is 0 Å². The number of likely N-dealkylation sites (tertiary alicyclic amines) is 1. The first-order valence-electron chi connectivity index (χ1n) is 12.3. The van der Waals surface area contributed by atoms with Gasteiger partial charge in [-0.05, 0) is 30.5 Å². The fourth-order valence-electron chi connectivity index (χ4n) is 4.60. The molecule has 2 aromatic heterocycles. The van der Waals surface area contributed by atoms with Crippen molar-refractivity contribution in [1.82, 2.24) is 19.4 Å². The molecule has 1 amide bonds. The first kappa shape index (κ1) is 27.0. The zero-order valence-electron chi connectivity index (χ0n) is 21.8. The highest BCUT2D eigenvalue weighted by molar-refractivity contribution is 7.90. The second-order valence-corrected chi connectivity index (χ2v) is 11.3. The van der Waals surface area contributed by atoms with Gasteiger partial charge in [-0.2, -0.15) is 4.98 Å². The second kappa shape index (κ2) is 11.6. The van der Waals surface area contributed by atoms with Crippen molar-refractivity contribution >= 4 is 39.0 Å². The molecule has 1 aliphatic heterocycles. The molecule has 5 rings (SSSR count). The van der Waals surface area contributed by atoms with Crippen LogP contribution in [0.25, 0.3) is 10.3 Å². The van der Waals surface area contributed by atoms with Crippen LogP contribution in [0.1, 0.15) is 35.0 Å². The van der Waals surface area contributed by atoms with Crippen molar-refractivity contribution in [3.63, 3.8) is 0 Å². The Balaban J connectivity index is 1.45. The van der Waals surface area contributed by atoms with E-state index in [2.05, 4.69) is 9.97 Å². The number of methoxy groups -OCH3 is 2. The quantitative estimate of drug-likeness (QED) is 0.230. The van der Waals surface area contributed by atoms with Gasteiger partial charge in [0.05, 0.1) is 26.8 Å². The zero-order valence-corrected chi connectivity index (χ0v) is 23.4. The fourth-order valence-corrected chi connectivity index (χ4v) is 6.42. The number of rotatable bonds is 8. The van der Waals surface area contributed by atoms with E-state index >= 15 is 0 Å². The van der Waals surface area contributed by atoms with Crippen molar-refractivity contribution in [1.29, 1.82) is 0 Å². The molecule has 0 aliphatic carbocycles. The van der Waals surface area contributed by atoms with Crippen LogP contribution < -0.4 is 15.0 Å². The summed E-state index contributed by atoms with van der Waals surface area (Å²) in [4.78, 5) is 37.8. The summed E-state index contributed by atoms with van der Waals surface area (Å²) in [5, 5.41) is 0.752. The minimum Gasteiger partial charge on any atom is -0.609 e. The van der Waals surface area contributed by atoms with Gasteiger partial charge in [0, 0.05) is 29.4 Å². The van der Waals surface area contributed by atoms with Crippen molar-refractivity contribution in [3.05, 3.63) is 75.0 Å². The van der Waals surface area contributed by atoms with Gasteiger partial charge in [-0.3, -0.25) is 9.69 Å². The summed E-state index contributed by atoms with van der Waals surface area (Å²) in [6.07, 6.45) is 2.55. The number of ether oxygens (including phenoxy) is 3. The van der Waals surface area contributed by atoms with E-state index in [9.17, 15) is 14.1 Å². The zero-order chi connectivity index (χ0) is 27.5. The summed E-state index contributed by atoms with van der Waals surface area (Å²) in [6.45, 7) is 0.806. The number of nitrogens with zero attached hydrogens (tertiary/aromatic N) is 4. The summed E-state index contributed by atoms with van der Waals surface area (Å²) < 4.78 is 30.3. The topological polar surface area (TPSA) is 119 Å². The van der Waals surface area contributed by atoms with Crippen LogP contribution in [-0.4, -0.2) is 57.1 Å². The Bertz CT molecular complexity index is 1540. The van der Waals surface area contributed by atoms with Crippen LogP contribution in [0.4, 0.5) is 4.79 Å². The van der Waals surface area contributed by atoms with Crippen LogP contribution >= 0.6 is 11.3 Å². The summed E-state index contributed by atoms with van der Waals surface area (Å²) in [7, 11) is 3.09. The average Bonchev–Trinajstić information content (AvgIpc) is 3.61. The lowest BCUT2D eigenvalue weighted by Gasteiger charge is -2.22. The molecule has 1 saturated heterocycles. The van der Waals surface area contributed by atoms with E-state index in [-0.39, 0.29) is 29.9 Å². The molecule has 204 valence electrons. The molecule has 2 aromatic carbocycles.